The van der Waals surface area contributed by atoms with Crippen molar-refractivity contribution in [3.05, 3.63) is 29.8 Å². The van der Waals surface area contributed by atoms with Crippen LogP contribution in [0.2, 0.25) is 0 Å². The van der Waals surface area contributed by atoms with Gasteiger partial charge in [-0.05, 0) is 24.1 Å². The lowest BCUT2D eigenvalue weighted by Gasteiger charge is -2.20. The van der Waals surface area contributed by atoms with E-state index in [1.54, 1.807) is 12.0 Å². The summed E-state index contributed by atoms with van der Waals surface area (Å²) in [6, 6.07) is 7.74. The summed E-state index contributed by atoms with van der Waals surface area (Å²) >= 11 is 3.37. The third-order valence-corrected chi connectivity index (χ3v) is 3.62. The number of amides is 1. The lowest BCUT2D eigenvalue weighted by atomic mass is 10.2. The van der Waals surface area contributed by atoms with Crippen LogP contribution in [0.25, 0.3) is 0 Å². The molecule has 94 valence electrons. The number of methoxy groups -OCH3 is 1. The minimum atomic E-state index is -0.0919. The highest BCUT2D eigenvalue weighted by Crippen LogP contribution is 2.14. The molecule has 0 radical (unpaired) electrons. The maximum atomic E-state index is 11.9. The molecule has 1 aromatic carbocycles. The van der Waals surface area contributed by atoms with Crippen LogP contribution in [0, 0.1) is 0 Å². The lowest BCUT2D eigenvalue weighted by Crippen LogP contribution is -2.32. The fraction of sp³-hybridized carbons (Fsp3) is 0.462. The molecule has 4 heteroatoms. The maximum absolute atomic E-state index is 11.9. The standard InChI is InChI=1S/C13H18BrNO2/c1-4-12(14)13(16)15(2)9-10-5-7-11(17-3)8-6-10/h5-8,12H,4,9H2,1-3H3. The van der Waals surface area contributed by atoms with Crippen molar-refractivity contribution in [2.75, 3.05) is 14.2 Å². The summed E-state index contributed by atoms with van der Waals surface area (Å²) < 4.78 is 5.09. The molecule has 0 N–H and O–H groups in total. The molecule has 0 fully saturated rings. The quantitative estimate of drug-likeness (QED) is 0.783. The zero-order valence-electron chi connectivity index (χ0n) is 10.4. The Labute approximate surface area is 111 Å². The Bertz CT molecular complexity index is 364. The second kappa shape index (κ2) is 6.64. The number of nitrogens with zero attached hydrogens (tertiary/aromatic N) is 1. The molecule has 1 amide bonds. The smallest absolute Gasteiger partial charge is 0.236 e. The SMILES string of the molecule is CCC(Br)C(=O)N(C)Cc1ccc(OC)cc1. The summed E-state index contributed by atoms with van der Waals surface area (Å²) in [6.45, 7) is 2.60. The molecule has 1 unspecified atom stereocenters. The Balaban J connectivity index is 2.61. The van der Waals surface area contributed by atoms with E-state index in [-0.39, 0.29) is 10.7 Å². The highest BCUT2D eigenvalue weighted by atomic mass is 79.9. The molecule has 0 aliphatic heterocycles. The monoisotopic (exact) mass is 299 g/mol. The average molecular weight is 300 g/mol. The molecule has 0 aliphatic carbocycles. The number of alkyl halides is 1. The van der Waals surface area contributed by atoms with Gasteiger partial charge in [0.05, 0.1) is 11.9 Å². The Morgan fingerprint density at radius 2 is 2.00 bits per heavy atom. The average Bonchev–Trinajstić information content (AvgIpc) is 2.37. The molecule has 0 aliphatic rings. The largest absolute Gasteiger partial charge is 0.497 e. The first kappa shape index (κ1) is 14.0. The fourth-order valence-electron chi connectivity index (χ4n) is 1.50. The summed E-state index contributed by atoms with van der Waals surface area (Å²) in [6.07, 6.45) is 0.797. The van der Waals surface area contributed by atoms with Crippen molar-refractivity contribution in [1.29, 1.82) is 0 Å². The molecule has 17 heavy (non-hydrogen) atoms. The minimum absolute atomic E-state index is 0.0919. The third kappa shape index (κ3) is 4.04. The predicted molar refractivity (Wildman–Crippen MR) is 72.5 cm³/mol. The van der Waals surface area contributed by atoms with Gasteiger partial charge in [0.25, 0.3) is 0 Å². The Hall–Kier alpha value is -1.03. The molecular formula is C13H18BrNO2. The van der Waals surface area contributed by atoms with Crippen molar-refractivity contribution in [2.45, 2.75) is 24.7 Å². The van der Waals surface area contributed by atoms with E-state index in [0.717, 1.165) is 17.7 Å². The highest BCUT2D eigenvalue weighted by Gasteiger charge is 2.17. The van der Waals surface area contributed by atoms with Crippen molar-refractivity contribution in [2.24, 2.45) is 0 Å². The van der Waals surface area contributed by atoms with Gasteiger partial charge < -0.3 is 9.64 Å². The molecule has 0 aromatic heterocycles. The van der Waals surface area contributed by atoms with Gasteiger partial charge in [0.15, 0.2) is 0 Å². The number of carbonyl (C=O) groups is 1. The van der Waals surface area contributed by atoms with Crippen molar-refractivity contribution in [3.63, 3.8) is 0 Å². The van der Waals surface area contributed by atoms with Gasteiger partial charge >= 0.3 is 0 Å². The number of hydrogen-bond donors (Lipinski definition) is 0. The maximum Gasteiger partial charge on any atom is 0.236 e. The summed E-state index contributed by atoms with van der Waals surface area (Å²) in [5, 5.41) is 0. The number of ether oxygens (including phenoxy) is 1. The Morgan fingerprint density at radius 3 is 2.47 bits per heavy atom. The number of halogens is 1. The van der Waals surface area contributed by atoms with Crippen LogP contribution >= 0.6 is 15.9 Å². The van der Waals surface area contributed by atoms with Crippen molar-refractivity contribution < 1.29 is 9.53 Å². The van der Waals surface area contributed by atoms with Crippen molar-refractivity contribution in [3.8, 4) is 5.75 Å². The van der Waals surface area contributed by atoms with Gasteiger partial charge in [0.1, 0.15) is 5.75 Å². The normalized spacial score (nSPS) is 12.0. The van der Waals surface area contributed by atoms with E-state index in [1.807, 2.05) is 38.2 Å². The molecule has 0 saturated heterocycles. The predicted octanol–water partition coefficient (Wildman–Crippen LogP) is 2.83. The summed E-state index contributed by atoms with van der Waals surface area (Å²) in [5.41, 5.74) is 1.09. The van der Waals surface area contributed by atoms with Crippen LogP contribution in [0.4, 0.5) is 0 Å². The molecule has 1 rings (SSSR count). The third-order valence-electron chi connectivity index (χ3n) is 2.58. The first-order valence-electron chi connectivity index (χ1n) is 5.60. The van der Waals surface area contributed by atoms with E-state index in [2.05, 4.69) is 15.9 Å². The molecule has 0 spiro atoms. The van der Waals surface area contributed by atoms with Gasteiger partial charge in [-0.15, -0.1) is 0 Å². The van der Waals surface area contributed by atoms with Gasteiger partial charge in [0.2, 0.25) is 5.91 Å². The van der Waals surface area contributed by atoms with Gasteiger partial charge in [-0.3, -0.25) is 4.79 Å². The zero-order valence-corrected chi connectivity index (χ0v) is 12.0. The van der Waals surface area contributed by atoms with Crippen LogP contribution in [0.15, 0.2) is 24.3 Å². The van der Waals surface area contributed by atoms with E-state index in [1.165, 1.54) is 0 Å². The summed E-state index contributed by atoms with van der Waals surface area (Å²) in [7, 11) is 3.46. The molecule has 1 atom stereocenters. The van der Waals surface area contributed by atoms with Crippen molar-refractivity contribution in [1.82, 2.24) is 4.90 Å². The minimum Gasteiger partial charge on any atom is -0.497 e. The molecular weight excluding hydrogens is 282 g/mol. The fourth-order valence-corrected chi connectivity index (χ4v) is 1.85. The molecule has 0 saturated carbocycles. The second-order valence-electron chi connectivity index (χ2n) is 3.92. The lowest BCUT2D eigenvalue weighted by molar-refractivity contribution is -0.129. The molecule has 3 nitrogen and oxygen atoms in total. The Kier molecular flexibility index (Phi) is 5.48. The van der Waals surface area contributed by atoms with E-state index in [0.29, 0.717) is 6.54 Å². The van der Waals surface area contributed by atoms with Gasteiger partial charge in [-0.2, -0.15) is 0 Å². The van der Waals surface area contributed by atoms with Crippen LogP contribution in [0.5, 0.6) is 5.75 Å². The van der Waals surface area contributed by atoms with Crippen LogP contribution < -0.4 is 4.74 Å². The second-order valence-corrected chi connectivity index (χ2v) is 5.02. The Morgan fingerprint density at radius 1 is 1.41 bits per heavy atom. The van der Waals surface area contributed by atoms with Crippen LogP contribution in [0.3, 0.4) is 0 Å². The first-order chi connectivity index (χ1) is 8.08. The topological polar surface area (TPSA) is 29.5 Å². The summed E-state index contributed by atoms with van der Waals surface area (Å²) in [4.78, 5) is 13.5. The zero-order chi connectivity index (χ0) is 12.8. The van der Waals surface area contributed by atoms with E-state index >= 15 is 0 Å². The molecule has 0 bridgehead atoms. The van der Waals surface area contributed by atoms with E-state index < -0.39 is 0 Å². The van der Waals surface area contributed by atoms with Gasteiger partial charge in [0, 0.05) is 13.6 Å². The van der Waals surface area contributed by atoms with Gasteiger partial charge in [-0.25, -0.2) is 0 Å². The molecule has 1 aromatic rings. The van der Waals surface area contributed by atoms with Crippen LogP contribution in [-0.2, 0) is 11.3 Å². The number of benzene rings is 1. The molecule has 0 heterocycles. The first-order valence-corrected chi connectivity index (χ1v) is 6.52. The summed E-state index contributed by atoms with van der Waals surface area (Å²) in [5.74, 6) is 0.943. The number of rotatable bonds is 5. The van der Waals surface area contributed by atoms with Crippen molar-refractivity contribution >= 4 is 21.8 Å². The number of hydrogen-bond acceptors (Lipinski definition) is 2. The van der Waals surface area contributed by atoms with Crippen LogP contribution in [-0.4, -0.2) is 29.8 Å². The van der Waals surface area contributed by atoms with Gasteiger partial charge in [-0.1, -0.05) is 35.0 Å². The van der Waals surface area contributed by atoms with E-state index in [4.69, 9.17) is 4.74 Å². The van der Waals surface area contributed by atoms with Crippen LogP contribution in [0.1, 0.15) is 18.9 Å². The van der Waals surface area contributed by atoms with E-state index in [9.17, 15) is 4.79 Å². The highest BCUT2D eigenvalue weighted by molar-refractivity contribution is 9.10. The number of carbonyl (C=O) groups excluding carboxylic acids is 1.